The van der Waals surface area contributed by atoms with Crippen molar-refractivity contribution in [1.29, 1.82) is 0 Å². The number of hydrogen-bond acceptors (Lipinski definition) is 4. The molecule has 1 amide bonds. The molecule has 0 radical (unpaired) electrons. The zero-order valence-electron chi connectivity index (χ0n) is 14.2. The van der Waals surface area contributed by atoms with Crippen LogP contribution in [0.4, 0.5) is 0 Å². The molecule has 3 rings (SSSR count). The summed E-state index contributed by atoms with van der Waals surface area (Å²) in [5, 5.41) is 4.46. The molecule has 0 aliphatic carbocycles. The summed E-state index contributed by atoms with van der Waals surface area (Å²) in [7, 11) is 1.95. The molecular formula is C17H23N5O. The van der Waals surface area contributed by atoms with Gasteiger partial charge in [0.2, 0.25) is 5.91 Å². The van der Waals surface area contributed by atoms with E-state index in [4.69, 9.17) is 4.98 Å². The maximum atomic E-state index is 11.4. The van der Waals surface area contributed by atoms with E-state index in [1.165, 1.54) is 0 Å². The van der Waals surface area contributed by atoms with Crippen LogP contribution in [-0.2, 0) is 11.8 Å². The Balaban J connectivity index is 1.85. The second kappa shape index (κ2) is 6.10. The van der Waals surface area contributed by atoms with E-state index in [0.29, 0.717) is 5.92 Å². The van der Waals surface area contributed by atoms with Gasteiger partial charge in [0.1, 0.15) is 0 Å². The number of amides is 1. The molecule has 2 aromatic heterocycles. The van der Waals surface area contributed by atoms with Crippen molar-refractivity contribution in [3.05, 3.63) is 29.5 Å². The van der Waals surface area contributed by atoms with Gasteiger partial charge in [-0.1, -0.05) is 0 Å². The normalized spacial score (nSPS) is 15.9. The first kappa shape index (κ1) is 15.6. The molecular weight excluding hydrogens is 290 g/mol. The zero-order valence-corrected chi connectivity index (χ0v) is 14.2. The highest BCUT2D eigenvalue weighted by atomic mass is 16.2. The van der Waals surface area contributed by atoms with Crippen LogP contribution >= 0.6 is 0 Å². The van der Waals surface area contributed by atoms with Crippen molar-refractivity contribution < 1.29 is 4.79 Å². The van der Waals surface area contributed by atoms with E-state index in [0.717, 1.165) is 54.3 Å². The summed E-state index contributed by atoms with van der Waals surface area (Å²) in [6.07, 6.45) is 5.56. The zero-order chi connectivity index (χ0) is 16.6. The summed E-state index contributed by atoms with van der Waals surface area (Å²) < 4.78 is 1.88. The molecule has 0 saturated carbocycles. The van der Waals surface area contributed by atoms with Gasteiger partial charge in [-0.15, -0.1) is 0 Å². The quantitative estimate of drug-likeness (QED) is 0.853. The highest BCUT2D eigenvalue weighted by molar-refractivity contribution is 5.73. The molecule has 6 nitrogen and oxygen atoms in total. The number of aromatic nitrogens is 4. The van der Waals surface area contributed by atoms with E-state index in [2.05, 4.69) is 17.0 Å². The van der Waals surface area contributed by atoms with E-state index in [1.807, 2.05) is 35.9 Å². The van der Waals surface area contributed by atoms with Crippen molar-refractivity contribution in [3.63, 3.8) is 0 Å². The van der Waals surface area contributed by atoms with Crippen LogP contribution in [0.25, 0.3) is 11.3 Å². The van der Waals surface area contributed by atoms with Crippen LogP contribution in [0.1, 0.15) is 42.8 Å². The second-order valence-electron chi connectivity index (χ2n) is 6.28. The summed E-state index contributed by atoms with van der Waals surface area (Å²) in [6.45, 7) is 7.29. The van der Waals surface area contributed by atoms with E-state index in [-0.39, 0.29) is 5.91 Å². The Morgan fingerprint density at radius 1 is 1.22 bits per heavy atom. The second-order valence-corrected chi connectivity index (χ2v) is 6.28. The Hall–Kier alpha value is -2.24. The monoisotopic (exact) mass is 313 g/mol. The lowest BCUT2D eigenvalue weighted by Gasteiger charge is -2.30. The Morgan fingerprint density at radius 3 is 2.48 bits per heavy atom. The summed E-state index contributed by atoms with van der Waals surface area (Å²) in [5.74, 6) is 0.528. The lowest BCUT2D eigenvalue weighted by molar-refractivity contribution is -0.129. The van der Waals surface area contributed by atoms with Gasteiger partial charge in [-0.2, -0.15) is 5.10 Å². The van der Waals surface area contributed by atoms with Crippen molar-refractivity contribution in [1.82, 2.24) is 24.6 Å². The fourth-order valence-electron chi connectivity index (χ4n) is 3.33. The van der Waals surface area contributed by atoms with Crippen molar-refractivity contribution in [2.45, 2.75) is 39.5 Å². The molecule has 0 unspecified atom stereocenters. The third-order valence-electron chi connectivity index (χ3n) is 4.78. The fourth-order valence-corrected chi connectivity index (χ4v) is 3.33. The summed E-state index contributed by atoms with van der Waals surface area (Å²) >= 11 is 0. The standard InChI is InChI=1S/C17H23N5O/c1-11-17(12(2)21(4)20-11)16-10-18-9-15(19-16)14-5-7-22(8-6-14)13(3)23/h9-10,14H,5-8H2,1-4H3. The molecule has 0 atom stereocenters. The number of nitrogens with zero attached hydrogens (tertiary/aromatic N) is 5. The highest BCUT2D eigenvalue weighted by Crippen LogP contribution is 2.29. The van der Waals surface area contributed by atoms with Gasteiger partial charge in [0.25, 0.3) is 0 Å². The molecule has 0 bridgehead atoms. The lowest BCUT2D eigenvalue weighted by atomic mass is 9.93. The molecule has 1 saturated heterocycles. The van der Waals surface area contributed by atoms with Gasteiger partial charge in [-0.05, 0) is 26.7 Å². The van der Waals surface area contributed by atoms with Crippen molar-refractivity contribution >= 4 is 5.91 Å². The van der Waals surface area contributed by atoms with E-state index in [9.17, 15) is 4.79 Å². The minimum absolute atomic E-state index is 0.157. The van der Waals surface area contributed by atoms with Gasteiger partial charge in [-0.3, -0.25) is 14.5 Å². The third-order valence-corrected chi connectivity index (χ3v) is 4.78. The average Bonchev–Trinajstić information content (AvgIpc) is 2.80. The number of rotatable bonds is 2. The van der Waals surface area contributed by atoms with Crippen LogP contribution in [0.2, 0.25) is 0 Å². The summed E-state index contributed by atoms with van der Waals surface area (Å²) in [5.41, 5.74) is 5.05. The predicted octanol–water partition coefficient (Wildman–Crippen LogP) is 2.22. The van der Waals surface area contributed by atoms with Crippen LogP contribution in [0.3, 0.4) is 0 Å². The first-order chi connectivity index (χ1) is 11.0. The van der Waals surface area contributed by atoms with Gasteiger partial charge in [-0.25, -0.2) is 4.98 Å². The number of carbonyl (C=O) groups is 1. The SMILES string of the molecule is CC(=O)N1CCC(c2cncc(-c3c(C)nn(C)c3C)n2)CC1. The Morgan fingerprint density at radius 2 is 1.91 bits per heavy atom. The molecule has 0 N–H and O–H groups in total. The molecule has 6 heteroatoms. The first-order valence-corrected chi connectivity index (χ1v) is 8.05. The molecule has 0 spiro atoms. The minimum Gasteiger partial charge on any atom is -0.343 e. The Bertz CT molecular complexity index is 729. The van der Waals surface area contributed by atoms with Gasteiger partial charge in [0.05, 0.1) is 23.3 Å². The van der Waals surface area contributed by atoms with Gasteiger partial charge in [0.15, 0.2) is 0 Å². The molecule has 122 valence electrons. The van der Waals surface area contributed by atoms with Crippen LogP contribution in [0.5, 0.6) is 0 Å². The lowest BCUT2D eigenvalue weighted by Crippen LogP contribution is -2.36. The van der Waals surface area contributed by atoms with Crippen molar-refractivity contribution in [2.24, 2.45) is 7.05 Å². The van der Waals surface area contributed by atoms with Crippen LogP contribution < -0.4 is 0 Å². The topological polar surface area (TPSA) is 63.9 Å². The minimum atomic E-state index is 0.157. The predicted molar refractivity (Wildman–Crippen MR) is 87.9 cm³/mol. The van der Waals surface area contributed by atoms with E-state index >= 15 is 0 Å². The van der Waals surface area contributed by atoms with E-state index < -0.39 is 0 Å². The average molecular weight is 313 g/mol. The van der Waals surface area contributed by atoms with Crippen molar-refractivity contribution in [2.75, 3.05) is 13.1 Å². The number of hydrogen-bond donors (Lipinski definition) is 0. The molecule has 1 aliphatic rings. The molecule has 2 aromatic rings. The van der Waals surface area contributed by atoms with Crippen LogP contribution in [0, 0.1) is 13.8 Å². The van der Waals surface area contributed by atoms with E-state index in [1.54, 1.807) is 6.92 Å². The molecule has 3 heterocycles. The summed E-state index contributed by atoms with van der Waals surface area (Å²) in [4.78, 5) is 22.6. The summed E-state index contributed by atoms with van der Waals surface area (Å²) in [6, 6.07) is 0. The largest absolute Gasteiger partial charge is 0.343 e. The molecule has 0 aromatic carbocycles. The first-order valence-electron chi connectivity index (χ1n) is 8.05. The van der Waals surface area contributed by atoms with Gasteiger partial charge >= 0.3 is 0 Å². The maximum Gasteiger partial charge on any atom is 0.219 e. The Labute approximate surface area is 136 Å². The van der Waals surface area contributed by atoms with Crippen molar-refractivity contribution in [3.8, 4) is 11.3 Å². The number of piperidine rings is 1. The van der Waals surface area contributed by atoms with Crippen LogP contribution in [-0.4, -0.2) is 43.6 Å². The van der Waals surface area contributed by atoms with Gasteiger partial charge in [0, 0.05) is 50.4 Å². The fraction of sp³-hybridized carbons (Fsp3) is 0.529. The van der Waals surface area contributed by atoms with Gasteiger partial charge < -0.3 is 4.90 Å². The maximum absolute atomic E-state index is 11.4. The molecule has 1 aliphatic heterocycles. The molecule has 23 heavy (non-hydrogen) atoms. The molecule has 1 fully saturated rings. The van der Waals surface area contributed by atoms with Crippen LogP contribution in [0.15, 0.2) is 12.4 Å². The number of likely N-dealkylation sites (tertiary alicyclic amines) is 1. The third kappa shape index (κ3) is 2.98. The highest BCUT2D eigenvalue weighted by Gasteiger charge is 2.24. The smallest absolute Gasteiger partial charge is 0.219 e. The number of aryl methyl sites for hydroxylation is 2. The Kier molecular flexibility index (Phi) is 4.15. The number of carbonyl (C=O) groups excluding carboxylic acids is 1.